The summed E-state index contributed by atoms with van der Waals surface area (Å²) in [6.45, 7) is 2.21. The molecule has 1 nitrogen and oxygen atoms in total. The molecule has 98 valence electrons. The third-order valence-corrected chi connectivity index (χ3v) is 4.47. The van der Waals surface area contributed by atoms with Gasteiger partial charge in [0.05, 0.1) is 11.7 Å². The van der Waals surface area contributed by atoms with Crippen molar-refractivity contribution in [3.8, 4) is 0 Å². The average Bonchev–Trinajstić information content (AvgIpc) is 2.70. The first-order valence-electron chi connectivity index (χ1n) is 7.13. The van der Waals surface area contributed by atoms with E-state index in [1.54, 1.807) is 0 Å². The number of hydrogen-bond acceptors (Lipinski definition) is 1. The number of halogens is 1. The fourth-order valence-corrected chi connectivity index (χ4v) is 3.46. The summed E-state index contributed by atoms with van der Waals surface area (Å²) in [6, 6.07) is 0. The first-order chi connectivity index (χ1) is 8.24. The molecule has 1 aliphatic heterocycles. The van der Waals surface area contributed by atoms with E-state index < -0.39 is 0 Å². The van der Waals surface area contributed by atoms with Crippen LogP contribution in [0.4, 0.5) is 0 Å². The van der Waals surface area contributed by atoms with Crippen LogP contribution in [0.15, 0.2) is 11.6 Å². The van der Waals surface area contributed by atoms with Gasteiger partial charge in [0.25, 0.3) is 0 Å². The molecule has 0 aromatic carbocycles. The molecule has 1 unspecified atom stereocenters. The third-order valence-electron chi connectivity index (χ3n) is 4.25. The Labute approximate surface area is 111 Å². The van der Waals surface area contributed by atoms with Crippen LogP contribution >= 0.6 is 11.6 Å². The van der Waals surface area contributed by atoms with E-state index in [1.807, 2.05) is 0 Å². The largest absolute Gasteiger partial charge is 0.371 e. The lowest BCUT2D eigenvalue weighted by atomic mass is 9.83. The topological polar surface area (TPSA) is 9.23 Å². The summed E-state index contributed by atoms with van der Waals surface area (Å²) in [5, 5.41) is 0. The van der Waals surface area contributed by atoms with Crippen LogP contribution in [-0.4, -0.2) is 17.6 Å². The molecule has 1 heterocycles. The summed E-state index contributed by atoms with van der Waals surface area (Å²) in [4.78, 5) is 0. The lowest BCUT2D eigenvalue weighted by Crippen LogP contribution is -2.31. The molecule has 1 saturated carbocycles. The fraction of sp³-hybridized carbons (Fsp3) is 0.867. The molecule has 0 amide bonds. The van der Waals surface area contributed by atoms with Crippen molar-refractivity contribution in [3.63, 3.8) is 0 Å². The predicted octanol–water partition coefficient (Wildman–Crippen LogP) is 4.83. The number of alkyl halides is 1. The van der Waals surface area contributed by atoms with Crippen molar-refractivity contribution in [2.45, 2.75) is 76.4 Å². The van der Waals surface area contributed by atoms with Gasteiger partial charge in [-0.3, -0.25) is 0 Å². The second-order valence-corrected chi connectivity index (χ2v) is 6.13. The van der Waals surface area contributed by atoms with Crippen molar-refractivity contribution < 1.29 is 4.74 Å². The van der Waals surface area contributed by atoms with Gasteiger partial charge < -0.3 is 4.74 Å². The van der Waals surface area contributed by atoms with Crippen molar-refractivity contribution in [1.29, 1.82) is 0 Å². The molecule has 0 bridgehead atoms. The van der Waals surface area contributed by atoms with Gasteiger partial charge in [0, 0.05) is 5.88 Å². The van der Waals surface area contributed by atoms with Gasteiger partial charge in [0.15, 0.2) is 0 Å². The van der Waals surface area contributed by atoms with Crippen LogP contribution in [0, 0.1) is 0 Å². The highest BCUT2D eigenvalue weighted by atomic mass is 35.5. The molecule has 1 aliphatic carbocycles. The maximum Gasteiger partial charge on any atom is 0.0687 e. The van der Waals surface area contributed by atoms with Crippen LogP contribution in [-0.2, 0) is 4.74 Å². The zero-order valence-electron chi connectivity index (χ0n) is 11.0. The van der Waals surface area contributed by atoms with Crippen LogP contribution in [0.3, 0.4) is 0 Å². The van der Waals surface area contributed by atoms with Crippen molar-refractivity contribution in [3.05, 3.63) is 11.6 Å². The minimum absolute atomic E-state index is 0.273. The molecule has 1 saturated heterocycles. The third kappa shape index (κ3) is 3.72. The van der Waals surface area contributed by atoms with Gasteiger partial charge in [-0.15, -0.1) is 11.6 Å². The molecular weight excluding hydrogens is 232 g/mol. The Morgan fingerprint density at radius 2 is 2.06 bits per heavy atom. The van der Waals surface area contributed by atoms with Crippen LogP contribution in [0.5, 0.6) is 0 Å². The summed E-state index contributed by atoms with van der Waals surface area (Å²) in [5.41, 5.74) is 1.72. The number of allylic oxidation sites excluding steroid dienone is 1. The summed E-state index contributed by atoms with van der Waals surface area (Å²) < 4.78 is 6.37. The van der Waals surface area contributed by atoms with Gasteiger partial charge in [0.2, 0.25) is 0 Å². The van der Waals surface area contributed by atoms with Crippen LogP contribution in [0.1, 0.15) is 64.7 Å². The van der Waals surface area contributed by atoms with Gasteiger partial charge in [-0.05, 0) is 45.4 Å². The molecule has 0 N–H and O–H groups in total. The second-order valence-electron chi connectivity index (χ2n) is 5.75. The molecule has 2 heteroatoms. The molecule has 2 rings (SSSR count). The maximum atomic E-state index is 6.37. The molecule has 0 aromatic heterocycles. The summed E-state index contributed by atoms with van der Waals surface area (Å²) in [6.07, 6.45) is 14.1. The highest BCUT2D eigenvalue weighted by Crippen LogP contribution is 2.43. The maximum absolute atomic E-state index is 6.37. The SMILES string of the molecule is CC(=CCCCl)CC1CCC2(CCCCC2)O1. The first-order valence-corrected chi connectivity index (χ1v) is 7.67. The van der Waals surface area contributed by atoms with E-state index in [-0.39, 0.29) is 5.60 Å². The first kappa shape index (κ1) is 13.4. The van der Waals surface area contributed by atoms with Crippen LogP contribution in [0.2, 0.25) is 0 Å². The molecule has 1 spiro atoms. The van der Waals surface area contributed by atoms with Gasteiger partial charge in [0.1, 0.15) is 0 Å². The lowest BCUT2D eigenvalue weighted by molar-refractivity contribution is -0.0628. The van der Waals surface area contributed by atoms with Gasteiger partial charge in [-0.1, -0.05) is 30.9 Å². The molecule has 2 fully saturated rings. The number of hydrogen-bond donors (Lipinski definition) is 0. The summed E-state index contributed by atoms with van der Waals surface area (Å²) >= 11 is 5.70. The van der Waals surface area contributed by atoms with Crippen molar-refractivity contribution in [1.82, 2.24) is 0 Å². The molecule has 17 heavy (non-hydrogen) atoms. The molecular formula is C15H25ClO. The monoisotopic (exact) mass is 256 g/mol. The minimum atomic E-state index is 0.273. The van der Waals surface area contributed by atoms with Crippen molar-refractivity contribution in [2.75, 3.05) is 5.88 Å². The van der Waals surface area contributed by atoms with E-state index in [0.717, 1.165) is 18.7 Å². The normalized spacial score (nSPS) is 28.8. The molecule has 2 aliphatic rings. The van der Waals surface area contributed by atoms with Gasteiger partial charge in [-0.25, -0.2) is 0 Å². The highest BCUT2D eigenvalue weighted by molar-refractivity contribution is 6.17. The Morgan fingerprint density at radius 3 is 2.76 bits per heavy atom. The smallest absolute Gasteiger partial charge is 0.0687 e. The average molecular weight is 257 g/mol. The molecule has 0 aromatic rings. The van der Waals surface area contributed by atoms with E-state index in [2.05, 4.69) is 13.0 Å². The Bertz CT molecular complexity index is 266. The van der Waals surface area contributed by atoms with Gasteiger partial charge >= 0.3 is 0 Å². The Morgan fingerprint density at radius 1 is 1.29 bits per heavy atom. The second kappa shape index (κ2) is 6.24. The Hall–Kier alpha value is -0.0100. The summed E-state index contributed by atoms with van der Waals surface area (Å²) in [5.74, 6) is 0.729. The minimum Gasteiger partial charge on any atom is -0.371 e. The Balaban J connectivity index is 1.81. The molecule has 0 radical (unpaired) electrons. The van der Waals surface area contributed by atoms with Crippen molar-refractivity contribution in [2.24, 2.45) is 0 Å². The fourth-order valence-electron chi connectivity index (χ4n) is 3.35. The number of rotatable bonds is 4. The quantitative estimate of drug-likeness (QED) is 0.517. The molecule has 1 atom stereocenters. The zero-order valence-corrected chi connectivity index (χ0v) is 11.8. The van der Waals surface area contributed by atoms with Crippen molar-refractivity contribution >= 4 is 11.6 Å². The number of ether oxygens (including phenoxy) is 1. The van der Waals surface area contributed by atoms with E-state index in [0.29, 0.717) is 6.10 Å². The van der Waals surface area contributed by atoms with Crippen LogP contribution in [0.25, 0.3) is 0 Å². The van der Waals surface area contributed by atoms with E-state index in [1.165, 1.54) is 50.5 Å². The summed E-state index contributed by atoms with van der Waals surface area (Å²) in [7, 11) is 0. The van der Waals surface area contributed by atoms with E-state index in [4.69, 9.17) is 16.3 Å². The van der Waals surface area contributed by atoms with Crippen LogP contribution < -0.4 is 0 Å². The Kier molecular flexibility index (Phi) is 4.93. The van der Waals surface area contributed by atoms with E-state index in [9.17, 15) is 0 Å². The zero-order chi connectivity index (χ0) is 12.1. The highest BCUT2D eigenvalue weighted by Gasteiger charge is 2.40. The van der Waals surface area contributed by atoms with E-state index >= 15 is 0 Å². The lowest BCUT2D eigenvalue weighted by Gasteiger charge is -2.33. The standard InChI is InChI=1S/C15H25ClO/c1-13(6-5-11-16)12-14-7-10-15(17-14)8-3-2-4-9-15/h6,14H,2-5,7-12H2,1H3. The predicted molar refractivity (Wildman–Crippen MR) is 73.6 cm³/mol. The van der Waals surface area contributed by atoms with Gasteiger partial charge in [-0.2, -0.15) is 0 Å².